The fraction of sp³-hybridized carbons (Fsp3) is 0.385. The Balaban J connectivity index is 2.93. The van der Waals surface area contributed by atoms with Crippen LogP contribution in [0.1, 0.15) is 36.7 Å². The van der Waals surface area contributed by atoms with Crippen molar-refractivity contribution in [2.45, 2.75) is 26.2 Å². The zero-order valence-corrected chi connectivity index (χ0v) is 9.78. The van der Waals surface area contributed by atoms with Crippen LogP contribution in [-0.2, 0) is 10.2 Å². The van der Waals surface area contributed by atoms with E-state index in [0.717, 1.165) is 5.56 Å². The molecular weight excluding hydrogens is 202 g/mol. The van der Waals surface area contributed by atoms with Crippen LogP contribution in [0.3, 0.4) is 0 Å². The van der Waals surface area contributed by atoms with Gasteiger partial charge in [0.05, 0.1) is 23.7 Å². The number of carbonyl (C=O) groups excluding carboxylic acids is 1. The average molecular weight is 217 g/mol. The Morgan fingerprint density at radius 1 is 1.38 bits per heavy atom. The molecule has 0 saturated carbocycles. The smallest absolute Gasteiger partial charge is 0.338 e. The number of hydrogen-bond donors (Lipinski definition) is 0. The van der Waals surface area contributed by atoms with Crippen molar-refractivity contribution < 1.29 is 9.53 Å². The van der Waals surface area contributed by atoms with Crippen LogP contribution in [0.15, 0.2) is 24.3 Å². The molecule has 0 amide bonds. The molecule has 0 atom stereocenters. The van der Waals surface area contributed by atoms with E-state index in [1.807, 2.05) is 13.8 Å². The number of carbonyl (C=O) groups is 1. The Labute approximate surface area is 95.7 Å². The van der Waals surface area contributed by atoms with Crippen molar-refractivity contribution in [3.05, 3.63) is 35.4 Å². The monoisotopic (exact) mass is 217 g/mol. The number of ether oxygens (including phenoxy) is 1. The van der Waals surface area contributed by atoms with Gasteiger partial charge in [0.15, 0.2) is 0 Å². The summed E-state index contributed by atoms with van der Waals surface area (Å²) in [5.41, 5.74) is 0.870. The predicted molar refractivity (Wildman–Crippen MR) is 61.0 cm³/mol. The van der Waals surface area contributed by atoms with Crippen molar-refractivity contribution in [3.63, 3.8) is 0 Å². The van der Waals surface area contributed by atoms with E-state index in [4.69, 9.17) is 10.00 Å². The largest absolute Gasteiger partial charge is 0.462 e. The Hall–Kier alpha value is -1.82. The van der Waals surface area contributed by atoms with Crippen molar-refractivity contribution >= 4 is 5.97 Å². The van der Waals surface area contributed by atoms with Gasteiger partial charge >= 0.3 is 5.97 Å². The van der Waals surface area contributed by atoms with Crippen LogP contribution >= 0.6 is 0 Å². The number of hydrogen-bond acceptors (Lipinski definition) is 3. The van der Waals surface area contributed by atoms with Crippen LogP contribution < -0.4 is 0 Å². The number of benzene rings is 1. The van der Waals surface area contributed by atoms with Gasteiger partial charge in [0, 0.05) is 0 Å². The molecule has 0 spiro atoms. The van der Waals surface area contributed by atoms with E-state index in [0.29, 0.717) is 12.2 Å². The molecule has 3 nitrogen and oxygen atoms in total. The van der Waals surface area contributed by atoms with Crippen LogP contribution in [0.5, 0.6) is 0 Å². The molecule has 0 fully saturated rings. The summed E-state index contributed by atoms with van der Waals surface area (Å²) in [4.78, 5) is 11.4. The summed E-state index contributed by atoms with van der Waals surface area (Å²) in [5, 5.41) is 8.97. The lowest BCUT2D eigenvalue weighted by Gasteiger charge is -2.15. The first kappa shape index (κ1) is 12.3. The minimum absolute atomic E-state index is 0.330. The molecule has 0 saturated heterocycles. The molecule has 16 heavy (non-hydrogen) atoms. The number of esters is 1. The van der Waals surface area contributed by atoms with Gasteiger partial charge in [0.25, 0.3) is 0 Å². The van der Waals surface area contributed by atoms with Gasteiger partial charge in [-0.2, -0.15) is 5.26 Å². The van der Waals surface area contributed by atoms with E-state index < -0.39 is 5.41 Å². The maximum Gasteiger partial charge on any atom is 0.338 e. The van der Waals surface area contributed by atoms with Crippen molar-refractivity contribution in [2.75, 3.05) is 6.61 Å². The highest BCUT2D eigenvalue weighted by Gasteiger charge is 2.19. The van der Waals surface area contributed by atoms with Gasteiger partial charge in [-0.1, -0.05) is 12.1 Å². The minimum Gasteiger partial charge on any atom is -0.462 e. The van der Waals surface area contributed by atoms with E-state index in [-0.39, 0.29) is 5.97 Å². The summed E-state index contributed by atoms with van der Waals surface area (Å²) >= 11 is 0. The van der Waals surface area contributed by atoms with Crippen LogP contribution in [-0.4, -0.2) is 12.6 Å². The molecule has 1 aromatic carbocycles. The lowest BCUT2D eigenvalue weighted by molar-refractivity contribution is 0.0526. The summed E-state index contributed by atoms with van der Waals surface area (Å²) in [6.45, 7) is 5.81. The number of nitriles is 1. The molecule has 0 N–H and O–H groups in total. The summed E-state index contributed by atoms with van der Waals surface area (Å²) in [5.74, 6) is -0.330. The Morgan fingerprint density at radius 3 is 2.38 bits per heavy atom. The van der Waals surface area contributed by atoms with E-state index >= 15 is 0 Å². The minimum atomic E-state index is -0.535. The van der Waals surface area contributed by atoms with Gasteiger partial charge in [-0.25, -0.2) is 4.79 Å². The summed E-state index contributed by atoms with van der Waals surface area (Å²) in [7, 11) is 0. The van der Waals surface area contributed by atoms with Crippen LogP contribution in [0, 0.1) is 11.3 Å². The summed E-state index contributed by atoms with van der Waals surface area (Å²) in [6, 6.07) is 9.16. The highest BCUT2D eigenvalue weighted by atomic mass is 16.5. The van der Waals surface area contributed by atoms with Gasteiger partial charge in [0.2, 0.25) is 0 Å². The molecule has 0 aliphatic rings. The van der Waals surface area contributed by atoms with Gasteiger partial charge in [-0.05, 0) is 38.5 Å². The highest BCUT2D eigenvalue weighted by Crippen LogP contribution is 2.22. The third-order valence-electron chi connectivity index (χ3n) is 2.40. The maximum atomic E-state index is 11.4. The summed E-state index contributed by atoms with van der Waals surface area (Å²) in [6.07, 6.45) is 0. The van der Waals surface area contributed by atoms with E-state index in [2.05, 4.69) is 6.07 Å². The van der Waals surface area contributed by atoms with Gasteiger partial charge in [-0.15, -0.1) is 0 Å². The third-order valence-corrected chi connectivity index (χ3v) is 2.40. The standard InChI is InChI=1S/C13H15NO2/c1-4-16-12(15)10-5-7-11(8-6-10)13(2,3)9-14/h5-8H,4H2,1-3H3. The molecule has 0 aliphatic carbocycles. The van der Waals surface area contributed by atoms with Crippen molar-refractivity contribution in [1.29, 1.82) is 5.26 Å². The zero-order chi connectivity index (χ0) is 12.2. The number of rotatable bonds is 3. The molecule has 1 aromatic rings. The van der Waals surface area contributed by atoms with Crippen molar-refractivity contribution in [3.8, 4) is 6.07 Å². The normalized spacial score (nSPS) is 10.6. The van der Waals surface area contributed by atoms with Crippen LogP contribution in [0.2, 0.25) is 0 Å². The maximum absolute atomic E-state index is 11.4. The fourth-order valence-corrected chi connectivity index (χ4v) is 1.30. The Kier molecular flexibility index (Phi) is 3.68. The SMILES string of the molecule is CCOC(=O)c1ccc(C(C)(C)C#N)cc1. The van der Waals surface area contributed by atoms with E-state index in [9.17, 15) is 4.79 Å². The summed E-state index contributed by atoms with van der Waals surface area (Å²) < 4.78 is 4.88. The lowest BCUT2D eigenvalue weighted by atomic mass is 9.86. The van der Waals surface area contributed by atoms with Crippen LogP contribution in [0.25, 0.3) is 0 Å². The molecule has 0 aliphatic heterocycles. The van der Waals surface area contributed by atoms with Crippen LogP contribution in [0.4, 0.5) is 0 Å². The average Bonchev–Trinajstić information content (AvgIpc) is 2.29. The second-order valence-electron chi connectivity index (χ2n) is 4.03. The quantitative estimate of drug-likeness (QED) is 0.731. The molecule has 0 radical (unpaired) electrons. The lowest BCUT2D eigenvalue weighted by Crippen LogP contribution is -2.14. The number of nitrogens with zero attached hydrogens (tertiary/aromatic N) is 1. The Bertz CT molecular complexity index is 413. The van der Waals surface area contributed by atoms with E-state index in [1.165, 1.54) is 0 Å². The molecule has 84 valence electrons. The van der Waals surface area contributed by atoms with E-state index in [1.54, 1.807) is 31.2 Å². The van der Waals surface area contributed by atoms with Gasteiger partial charge in [-0.3, -0.25) is 0 Å². The first-order valence-electron chi connectivity index (χ1n) is 5.20. The first-order valence-corrected chi connectivity index (χ1v) is 5.20. The third kappa shape index (κ3) is 2.60. The predicted octanol–water partition coefficient (Wildman–Crippen LogP) is 2.66. The molecular formula is C13H15NO2. The Morgan fingerprint density at radius 2 is 1.94 bits per heavy atom. The highest BCUT2D eigenvalue weighted by molar-refractivity contribution is 5.89. The molecule has 0 unspecified atom stereocenters. The second-order valence-corrected chi connectivity index (χ2v) is 4.03. The zero-order valence-electron chi connectivity index (χ0n) is 9.78. The molecule has 0 bridgehead atoms. The molecule has 1 rings (SSSR count). The van der Waals surface area contributed by atoms with Crippen molar-refractivity contribution in [2.24, 2.45) is 0 Å². The van der Waals surface area contributed by atoms with Gasteiger partial charge in [0.1, 0.15) is 0 Å². The van der Waals surface area contributed by atoms with Gasteiger partial charge < -0.3 is 4.74 Å². The van der Waals surface area contributed by atoms with Crippen molar-refractivity contribution in [1.82, 2.24) is 0 Å². The molecule has 0 aromatic heterocycles. The fourth-order valence-electron chi connectivity index (χ4n) is 1.30. The second kappa shape index (κ2) is 4.80. The topological polar surface area (TPSA) is 50.1 Å². The molecule has 0 heterocycles. The molecule has 3 heteroatoms. The first-order chi connectivity index (χ1) is 7.51.